The zero-order valence-corrected chi connectivity index (χ0v) is 13.8. The maximum Gasteiger partial charge on any atom is 0.307 e. The van der Waals surface area contributed by atoms with Gasteiger partial charge in [-0.1, -0.05) is 29.3 Å². The number of likely N-dealkylation sites (tertiary alicyclic amines) is 1. The fraction of sp³-hybridized carbons (Fsp3) is 0.467. The van der Waals surface area contributed by atoms with Crippen molar-refractivity contribution in [3.05, 3.63) is 28.2 Å². The van der Waals surface area contributed by atoms with Crippen molar-refractivity contribution in [2.75, 3.05) is 25.5 Å². The molecule has 0 bridgehead atoms. The number of benzene rings is 1. The molecule has 1 saturated heterocycles. The average Bonchev–Trinajstić information content (AvgIpc) is 3.03. The summed E-state index contributed by atoms with van der Waals surface area (Å²) in [5.41, 5.74) is 0.438. The van der Waals surface area contributed by atoms with E-state index in [1.165, 1.54) is 7.11 Å². The van der Waals surface area contributed by atoms with Gasteiger partial charge in [0.25, 0.3) is 0 Å². The first-order valence-electron chi connectivity index (χ1n) is 7.08. The van der Waals surface area contributed by atoms with Crippen LogP contribution in [0.4, 0.5) is 5.69 Å². The van der Waals surface area contributed by atoms with Crippen LogP contribution in [0.1, 0.15) is 19.3 Å². The number of hydrogen-bond acceptors (Lipinski definition) is 4. The van der Waals surface area contributed by atoms with Crippen LogP contribution in [0.3, 0.4) is 0 Å². The molecule has 1 amide bonds. The lowest BCUT2D eigenvalue weighted by molar-refractivity contribution is -0.144. The number of rotatable bonds is 5. The maximum atomic E-state index is 12.6. The van der Waals surface area contributed by atoms with Gasteiger partial charge in [-0.3, -0.25) is 14.5 Å². The van der Waals surface area contributed by atoms with Gasteiger partial charge >= 0.3 is 5.97 Å². The minimum Gasteiger partial charge on any atom is -0.469 e. The molecule has 2 rings (SSSR count). The summed E-state index contributed by atoms with van der Waals surface area (Å²) in [6.45, 7) is 1.58. The van der Waals surface area contributed by atoms with E-state index >= 15 is 0 Å². The Morgan fingerprint density at radius 2 is 2.00 bits per heavy atom. The van der Waals surface area contributed by atoms with Crippen LogP contribution in [-0.2, 0) is 14.3 Å². The van der Waals surface area contributed by atoms with Gasteiger partial charge in [-0.25, -0.2) is 0 Å². The molecule has 0 radical (unpaired) electrons. The predicted molar refractivity (Wildman–Crippen MR) is 86.3 cm³/mol. The first-order chi connectivity index (χ1) is 10.5. The number of carbonyl (C=O) groups is 2. The summed E-state index contributed by atoms with van der Waals surface area (Å²) in [7, 11) is 1.31. The van der Waals surface area contributed by atoms with E-state index in [9.17, 15) is 9.59 Å². The van der Waals surface area contributed by atoms with Gasteiger partial charge in [0.2, 0.25) is 5.91 Å². The molecule has 0 aliphatic carbocycles. The number of nitrogens with one attached hydrogen (secondary N) is 1. The molecule has 1 N–H and O–H groups in total. The topological polar surface area (TPSA) is 58.6 Å². The Hall–Kier alpha value is -1.30. The van der Waals surface area contributed by atoms with Crippen LogP contribution >= 0.6 is 23.2 Å². The van der Waals surface area contributed by atoms with Crippen LogP contribution in [0.15, 0.2) is 18.2 Å². The third-order valence-electron chi connectivity index (χ3n) is 3.68. The van der Waals surface area contributed by atoms with Gasteiger partial charge in [0.05, 0.1) is 29.3 Å². The molecular formula is C15H18Cl2N2O3. The minimum absolute atomic E-state index is 0.0144. The van der Waals surface area contributed by atoms with Gasteiger partial charge in [-0.15, -0.1) is 0 Å². The molecule has 1 atom stereocenters. The number of ether oxygens (including phenoxy) is 1. The molecule has 7 heteroatoms. The molecule has 1 fully saturated rings. The highest BCUT2D eigenvalue weighted by atomic mass is 35.5. The Kier molecular flexibility index (Phi) is 6.06. The van der Waals surface area contributed by atoms with Crippen LogP contribution in [-0.4, -0.2) is 43.0 Å². The Balaban J connectivity index is 2.13. The predicted octanol–water partition coefficient (Wildman–Crippen LogP) is 2.96. The van der Waals surface area contributed by atoms with E-state index in [0.29, 0.717) is 10.7 Å². The largest absolute Gasteiger partial charge is 0.469 e. The number of carbonyl (C=O) groups excluding carboxylic acids is 2. The van der Waals surface area contributed by atoms with Crippen molar-refractivity contribution < 1.29 is 14.3 Å². The molecule has 120 valence electrons. The van der Waals surface area contributed by atoms with Crippen LogP contribution in [0.25, 0.3) is 0 Å². The zero-order valence-electron chi connectivity index (χ0n) is 12.3. The zero-order chi connectivity index (χ0) is 16.1. The third-order valence-corrected chi connectivity index (χ3v) is 4.50. The van der Waals surface area contributed by atoms with Gasteiger partial charge in [-0.05, 0) is 38.1 Å². The summed E-state index contributed by atoms with van der Waals surface area (Å²) in [5.74, 6) is -0.694. The number of anilines is 1. The third kappa shape index (κ3) is 4.12. The molecule has 0 aromatic heterocycles. The highest BCUT2D eigenvalue weighted by molar-refractivity contribution is 6.44. The van der Waals surface area contributed by atoms with Gasteiger partial charge in [0, 0.05) is 0 Å². The Morgan fingerprint density at radius 1 is 1.32 bits per heavy atom. The molecule has 1 aliphatic rings. The lowest BCUT2D eigenvalue weighted by atomic mass is 10.1. The minimum atomic E-state index is -0.565. The van der Waals surface area contributed by atoms with E-state index in [-0.39, 0.29) is 17.4 Å². The molecule has 0 saturated carbocycles. The number of amides is 1. The van der Waals surface area contributed by atoms with Crippen molar-refractivity contribution in [1.82, 2.24) is 4.90 Å². The molecule has 1 aromatic rings. The molecule has 1 aromatic carbocycles. The number of methoxy groups -OCH3 is 1. The van der Waals surface area contributed by atoms with Gasteiger partial charge in [0.1, 0.15) is 6.04 Å². The van der Waals surface area contributed by atoms with Gasteiger partial charge in [0.15, 0.2) is 0 Å². The molecule has 1 unspecified atom stereocenters. The van der Waals surface area contributed by atoms with Crippen molar-refractivity contribution in [2.45, 2.75) is 25.3 Å². The fourth-order valence-electron chi connectivity index (χ4n) is 2.50. The standard InChI is InChI=1S/C15H18Cl2N2O3/c1-22-13(20)9-12(19-7-2-3-8-19)15(21)18-11-6-4-5-10(16)14(11)17/h4-6,12H,2-3,7-9H2,1H3,(H,18,21). The van der Waals surface area contributed by atoms with Gasteiger partial charge < -0.3 is 10.1 Å². The second-order valence-corrected chi connectivity index (χ2v) is 5.91. The lowest BCUT2D eigenvalue weighted by Crippen LogP contribution is -2.44. The van der Waals surface area contributed by atoms with Crippen molar-refractivity contribution in [3.8, 4) is 0 Å². The number of hydrogen-bond donors (Lipinski definition) is 1. The number of nitrogens with zero attached hydrogens (tertiary/aromatic N) is 1. The summed E-state index contributed by atoms with van der Waals surface area (Å²) in [6, 6.07) is 4.46. The van der Waals surface area contributed by atoms with Crippen LogP contribution < -0.4 is 5.32 Å². The quantitative estimate of drug-likeness (QED) is 0.834. The molecular weight excluding hydrogens is 327 g/mol. The second-order valence-electron chi connectivity index (χ2n) is 5.13. The number of esters is 1. The van der Waals surface area contributed by atoms with Crippen molar-refractivity contribution >= 4 is 40.8 Å². The van der Waals surface area contributed by atoms with E-state index in [2.05, 4.69) is 5.32 Å². The summed E-state index contributed by atoms with van der Waals surface area (Å²) in [5, 5.41) is 3.41. The lowest BCUT2D eigenvalue weighted by Gasteiger charge is -2.25. The smallest absolute Gasteiger partial charge is 0.307 e. The second kappa shape index (κ2) is 7.81. The van der Waals surface area contributed by atoms with Crippen molar-refractivity contribution in [1.29, 1.82) is 0 Å². The summed E-state index contributed by atoms with van der Waals surface area (Å²) in [6.07, 6.45) is 2.05. The normalized spacial score (nSPS) is 16.3. The van der Waals surface area contributed by atoms with E-state index in [4.69, 9.17) is 27.9 Å². The first kappa shape index (κ1) is 17.1. The SMILES string of the molecule is COC(=O)CC(C(=O)Nc1cccc(Cl)c1Cl)N1CCCC1. The monoisotopic (exact) mass is 344 g/mol. The number of halogens is 2. The van der Waals surface area contributed by atoms with Crippen LogP contribution in [0, 0.1) is 0 Å². The fourth-order valence-corrected chi connectivity index (χ4v) is 2.85. The summed E-state index contributed by atoms with van der Waals surface area (Å²) < 4.78 is 4.69. The highest BCUT2D eigenvalue weighted by Crippen LogP contribution is 2.30. The molecule has 22 heavy (non-hydrogen) atoms. The van der Waals surface area contributed by atoms with Crippen LogP contribution in [0.2, 0.25) is 10.0 Å². The molecule has 0 spiro atoms. The average molecular weight is 345 g/mol. The molecule has 1 aliphatic heterocycles. The van der Waals surface area contributed by atoms with E-state index in [0.717, 1.165) is 25.9 Å². The van der Waals surface area contributed by atoms with E-state index < -0.39 is 12.0 Å². The van der Waals surface area contributed by atoms with Crippen LogP contribution in [0.5, 0.6) is 0 Å². The summed E-state index contributed by atoms with van der Waals surface area (Å²) in [4.78, 5) is 26.1. The van der Waals surface area contributed by atoms with E-state index in [1.54, 1.807) is 18.2 Å². The van der Waals surface area contributed by atoms with Gasteiger partial charge in [-0.2, -0.15) is 0 Å². The van der Waals surface area contributed by atoms with Crippen molar-refractivity contribution in [3.63, 3.8) is 0 Å². The Bertz CT molecular complexity index is 560. The first-order valence-corrected chi connectivity index (χ1v) is 7.84. The molecule has 1 heterocycles. The Labute approximate surface area is 139 Å². The van der Waals surface area contributed by atoms with Crippen molar-refractivity contribution in [2.24, 2.45) is 0 Å². The molecule has 5 nitrogen and oxygen atoms in total. The van der Waals surface area contributed by atoms with E-state index in [1.807, 2.05) is 4.90 Å². The highest BCUT2D eigenvalue weighted by Gasteiger charge is 2.31. The Morgan fingerprint density at radius 3 is 2.64 bits per heavy atom. The summed E-state index contributed by atoms with van der Waals surface area (Å²) >= 11 is 12.0. The maximum absolute atomic E-state index is 12.6.